The fourth-order valence-corrected chi connectivity index (χ4v) is 5.50. The Morgan fingerprint density at radius 2 is 1.55 bits per heavy atom. The minimum atomic E-state index is -3.28. The molecule has 0 radical (unpaired) electrons. The first-order valence-electron chi connectivity index (χ1n) is 13.2. The summed E-state index contributed by atoms with van der Waals surface area (Å²) in [7, 11) is -1.69. The highest BCUT2D eigenvalue weighted by Crippen LogP contribution is 2.43. The molecule has 0 saturated heterocycles. The van der Waals surface area contributed by atoms with Crippen molar-refractivity contribution in [3.8, 4) is 17.2 Å². The first-order chi connectivity index (χ1) is 19.4. The summed E-state index contributed by atoms with van der Waals surface area (Å²) >= 11 is 1.36. The number of nitrogens with zero attached hydrogens (tertiary/aromatic N) is 2. The van der Waals surface area contributed by atoms with Crippen LogP contribution in [0.1, 0.15) is 62.3 Å². The van der Waals surface area contributed by atoms with Crippen molar-refractivity contribution in [3.63, 3.8) is 0 Å². The quantitative estimate of drug-likeness (QED) is 0.120. The van der Waals surface area contributed by atoms with E-state index in [1.807, 2.05) is 33.9 Å². The summed E-state index contributed by atoms with van der Waals surface area (Å²) in [5, 5.41) is 0. The van der Waals surface area contributed by atoms with Gasteiger partial charge in [-0.2, -0.15) is 17.6 Å². The van der Waals surface area contributed by atoms with Crippen LogP contribution in [0.2, 0.25) is 13.1 Å². The van der Waals surface area contributed by atoms with E-state index in [0.29, 0.717) is 22.7 Å². The van der Waals surface area contributed by atoms with E-state index in [-0.39, 0.29) is 12.1 Å². The lowest BCUT2D eigenvalue weighted by molar-refractivity contribution is -0.0692. The highest BCUT2D eigenvalue weighted by atomic mass is 32.1. The topological polar surface area (TPSA) is 70.1 Å². The molecule has 3 rings (SSSR count). The number of thiazole rings is 1. The lowest BCUT2D eigenvalue weighted by Gasteiger charge is -2.32. The number of hydrogen-bond donors (Lipinski definition) is 0. The maximum atomic E-state index is 13.6. The van der Waals surface area contributed by atoms with Crippen LogP contribution in [0.15, 0.2) is 42.0 Å². The highest BCUT2D eigenvalue weighted by Gasteiger charge is 2.31. The van der Waals surface area contributed by atoms with E-state index in [2.05, 4.69) is 14.5 Å². The molecule has 0 aliphatic carbocycles. The standard InChI is InChI=1S/C29H36F4N2O5SSi/c1-28(2,3)24-20(25(36)39-29(4,5)6)11-18(13-23(24)40-42(7)8)35(15-19-14-34-16-41-19)17-9-10-21(37-26(30)31)22(12-17)38-27(32)33/h9-14,16,26-27,42H,15H2,1-8H3. The Labute approximate surface area is 249 Å². The van der Waals surface area contributed by atoms with Gasteiger partial charge in [-0.05, 0) is 57.5 Å². The highest BCUT2D eigenvalue weighted by molar-refractivity contribution is 7.09. The minimum Gasteiger partial charge on any atom is -0.547 e. The van der Waals surface area contributed by atoms with Crippen molar-refractivity contribution in [2.24, 2.45) is 0 Å². The number of carbonyl (C=O) groups excluding carboxylic acids is 1. The first kappa shape index (κ1) is 33.2. The summed E-state index contributed by atoms with van der Waals surface area (Å²) in [6, 6.07) is 7.23. The Morgan fingerprint density at radius 1 is 0.929 bits per heavy atom. The molecule has 0 saturated carbocycles. The lowest BCUT2D eigenvalue weighted by atomic mass is 9.82. The molecule has 0 N–H and O–H groups in total. The maximum Gasteiger partial charge on any atom is 0.387 e. The number of carbonyl (C=O) groups is 1. The van der Waals surface area contributed by atoms with E-state index in [0.717, 1.165) is 10.9 Å². The van der Waals surface area contributed by atoms with Gasteiger partial charge in [0.25, 0.3) is 0 Å². The third-order valence-corrected chi connectivity index (χ3v) is 7.09. The van der Waals surface area contributed by atoms with Crippen LogP contribution in [0.3, 0.4) is 0 Å². The van der Waals surface area contributed by atoms with E-state index >= 15 is 0 Å². The smallest absolute Gasteiger partial charge is 0.387 e. The summed E-state index contributed by atoms with van der Waals surface area (Å²) in [6.07, 6.45) is 1.65. The molecule has 13 heteroatoms. The normalized spacial score (nSPS) is 12.2. The Morgan fingerprint density at radius 3 is 2.07 bits per heavy atom. The van der Waals surface area contributed by atoms with E-state index < -0.39 is 50.7 Å². The molecule has 0 fully saturated rings. The second kappa shape index (κ2) is 13.3. The number of esters is 1. The molecule has 0 aliphatic heterocycles. The van der Waals surface area contributed by atoms with Crippen LogP contribution < -0.4 is 18.8 Å². The second-order valence-corrected chi connectivity index (χ2v) is 15.0. The monoisotopic (exact) mass is 628 g/mol. The van der Waals surface area contributed by atoms with Crippen LogP contribution in [-0.2, 0) is 16.7 Å². The van der Waals surface area contributed by atoms with Gasteiger partial charge in [0.2, 0.25) is 9.04 Å². The van der Waals surface area contributed by atoms with Gasteiger partial charge in [0.05, 0.1) is 17.6 Å². The van der Waals surface area contributed by atoms with Gasteiger partial charge in [0, 0.05) is 40.1 Å². The number of halogens is 4. The number of hydrogen-bond acceptors (Lipinski definition) is 8. The molecular formula is C29H36F4N2O5SSi. The number of rotatable bonds is 11. The van der Waals surface area contributed by atoms with Crippen LogP contribution in [-0.4, -0.2) is 38.8 Å². The van der Waals surface area contributed by atoms with Crippen LogP contribution in [0.5, 0.6) is 17.2 Å². The van der Waals surface area contributed by atoms with Gasteiger partial charge >= 0.3 is 19.2 Å². The maximum absolute atomic E-state index is 13.6. The van der Waals surface area contributed by atoms with Crippen molar-refractivity contribution < 1.29 is 41.0 Å². The SMILES string of the molecule is C[SiH](C)Oc1cc(N(Cc2cncs2)c2ccc(OC(F)F)c(OC(F)F)c2)cc(C(=O)OC(C)(C)C)c1C(C)(C)C. The van der Waals surface area contributed by atoms with Crippen molar-refractivity contribution in [1.29, 1.82) is 0 Å². The zero-order valence-corrected chi connectivity index (χ0v) is 26.8. The third kappa shape index (κ3) is 9.09. The molecule has 0 atom stereocenters. The molecule has 3 aromatic rings. The van der Waals surface area contributed by atoms with Gasteiger partial charge in [-0.15, -0.1) is 11.3 Å². The van der Waals surface area contributed by atoms with Crippen molar-refractivity contribution >= 4 is 37.7 Å². The average molecular weight is 629 g/mol. The predicted molar refractivity (Wildman–Crippen MR) is 157 cm³/mol. The Hall–Kier alpha value is -3.32. The number of alkyl halides is 4. The van der Waals surface area contributed by atoms with Crippen molar-refractivity contribution in [2.75, 3.05) is 4.90 Å². The Bertz CT molecular complexity index is 1360. The Kier molecular flexibility index (Phi) is 10.5. The van der Waals surface area contributed by atoms with Gasteiger partial charge in [-0.25, -0.2) is 4.79 Å². The zero-order valence-electron chi connectivity index (χ0n) is 24.8. The molecule has 1 aromatic heterocycles. The largest absolute Gasteiger partial charge is 0.547 e. The molecule has 0 amide bonds. The van der Waals surface area contributed by atoms with E-state index in [4.69, 9.17) is 9.16 Å². The van der Waals surface area contributed by atoms with Gasteiger partial charge < -0.3 is 23.5 Å². The fraction of sp³-hybridized carbons (Fsp3) is 0.448. The van der Waals surface area contributed by atoms with E-state index in [1.54, 1.807) is 49.5 Å². The summed E-state index contributed by atoms with van der Waals surface area (Å²) in [6.45, 7) is 8.89. The van der Waals surface area contributed by atoms with Crippen molar-refractivity contribution in [2.45, 2.75) is 85.4 Å². The molecule has 2 aromatic carbocycles. The molecule has 0 aliphatic rings. The Balaban J connectivity index is 2.31. The number of benzene rings is 2. The molecule has 7 nitrogen and oxygen atoms in total. The summed E-state index contributed by atoms with van der Waals surface area (Å²) in [5.41, 5.74) is 2.10. The van der Waals surface area contributed by atoms with Crippen LogP contribution >= 0.6 is 11.3 Å². The number of anilines is 2. The van der Waals surface area contributed by atoms with Gasteiger partial charge in [-0.1, -0.05) is 20.8 Å². The molecule has 230 valence electrons. The van der Waals surface area contributed by atoms with Crippen LogP contribution in [0.4, 0.5) is 28.9 Å². The summed E-state index contributed by atoms with van der Waals surface area (Å²) in [4.78, 5) is 20.3. The lowest BCUT2D eigenvalue weighted by Crippen LogP contribution is -2.28. The van der Waals surface area contributed by atoms with Gasteiger partial charge in [0.1, 0.15) is 11.4 Å². The van der Waals surface area contributed by atoms with E-state index in [9.17, 15) is 22.4 Å². The molecule has 1 heterocycles. The van der Waals surface area contributed by atoms with Gasteiger partial charge in [-0.3, -0.25) is 4.98 Å². The van der Waals surface area contributed by atoms with Crippen molar-refractivity contribution in [1.82, 2.24) is 4.98 Å². The summed E-state index contributed by atoms with van der Waals surface area (Å²) < 4.78 is 73.6. The molecule has 0 spiro atoms. The molecule has 42 heavy (non-hydrogen) atoms. The van der Waals surface area contributed by atoms with Crippen molar-refractivity contribution in [3.05, 3.63) is 58.0 Å². The molecular weight excluding hydrogens is 592 g/mol. The first-order valence-corrected chi connectivity index (χ1v) is 16.9. The fourth-order valence-electron chi connectivity index (χ4n) is 4.23. The number of aromatic nitrogens is 1. The average Bonchev–Trinajstić information content (AvgIpc) is 3.34. The predicted octanol–water partition coefficient (Wildman–Crippen LogP) is 8.30. The second-order valence-electron chi connectivity index (χ2n) is 11.7. The number of ether oxygens (including phenoxy) is 3. The van der Waals surface area contributed by atoms with E-state index in [1.165, 1.54) is 23.5 Å². The minimum absolute atomic E-state index is 0.203. The summed E-state index contributed by atoms with van der Waals surface area (Å²) in [5.74, 6) is -1.16. The third-order valence-electron chi connectivity index (χ3n) is 5.60. The molecule has 0 bridgehead atoms. The molecule has 0 unspecified atom stereocenters. The van der Waals surface area contributed by atoms with Crippen LogP contribution in [0, 0.1) is 0 Å². The van der Waals surface area contributed by atoms with Crippen LogP contribution in [0.25, 0.3) is 0 Å². The zero-order chi connectivity index (χ0) is 31.4. The van der Waals surface area contributed by atoms with Gasteiger partial charge in [0.15, 0.2) is 11.5 Å².